The fraction of sp³-hybridized carbons (Fsp3) is 0.208. The fourth-order valence-electron chi connectivity index (χ4n) is 3.81. The van der Waals surface area contributed by atoms with Crippen molar-refractivity contribution in [2.45, 2.75) is 23.8 Å². The predicted molar refractivity (Wildman–Crippen MR) is 139 cm³/mol. The van der Waals surface area contributed by atoms with Crippen LogP contribution in [0.2, 0.25) is 0 Å². The van der Waals surface area contributed by atoms with Crippen LogP contribution in [0.5, 0.6) is 0 Å². The average Bonchev–Trinajstić information content (AvgIpc) is 3.23. The van der Waals surface area contributed by atoms with Gasteiger partial charge in [0, 0.05) is 36.7 Å². The third-order valence-electron chi connectivity index (χ3n) is 5.74. The number of thiazole rings is 1. The number of nitrogens with zero attached hydrogens (tertiary/aromatic N) is 4. The van der Waals surface area contributed by atoms with Gasteiger partial charge in [0.25, 0.3) is 0 Å². The van der Waals surface area contributed by atoms with Gasteiger partial charge >= 0.3 is 0 Å². The lowest BCUT2D eigenvalue weighted by Gasteiger charge is -2.28. The molecule has 0 atom stereocenters. The van der Waals surface area contributed by atoms with Crippen LogP contribution in [0.15, 0.2) is 59.8 Å². The molecule has 9 nitrogen and oxygen atoms in total. The Hall–Kier alpha value is -3.38. The number of hydrogen-bond donors (Lipinski definition) is 3. The summed E-state index contributed by atoms with van der Waals surface area (Å²) in [6.45, 7) is 0.652. The van der Waals surface area contributed by atoms with Crippen molar-refractivity contribution in [3.63, 3.8) is 0 Å². The second-order valence-electron chi connectivity index (χ2n) is 8.24. The molecule has 1 saturated heterocycles. The van der Waals surface area contributed by atoms with E-state index in [-0.39, 0.29) is 4.90 Å². The lowest BCUT2D eigenvalue weighted by molar-refractivity contribution is 0.113. The summed E-state index contributed by atoms with van der Waals surface area (Å²) >= 11 is 1.46. The van der Waals surface area contributed by atoms with E-state index >= 15 is 0 Å². The first-order chi connectivity index (χ1) is 16.9. The molecule has 4 N–H and O–H groups in total. The molecular weight excluding hydrogens is 484 g/mol. The smallest absolute Gasteiger partial charge is 0.243 e. The maximum absolute atomic E-state index is 12.8. The van der Waals surface area contributed by atoms with Gasteiger partial charge in [-0.25, -0.2) is 23.4 Å². The van der Waals surface area contributed by atoms with Crippen molar-refractivity contribution in [2.24, 2.45) is 0 Å². The SMILES string of the molecule is Nc1nc2ccc(/C=C/c3cnc(Nc4ccc(S(=O)(=O)N5CCC(O)CC5)cc4)nc3)cc2s1. The van der Waals surface area contributed by atoms with Gasteiger partial charge in [-0.1, -0.05) is 29.6 Å². The van der Waals surface area contributed by atoms with E-state index in [1.807, 2.05) is 30.4 Å². The highest BCUT2D eigenvalue weighted by atomic mass is 32.2. The Kier molecular flexibility index (Phi) is 6.48. The number of anilines is 3. The van der Waals surface area contributed by atoms with Gasteiger partial charge in [-0.2, -0.15) is 4.31 Å². The number of aromatic nitrogens is 3. The Morgan fingerprint density at radius 2 is 1.71 bits per heavy atom. The van der Waals surface area contributed by atoms with Crippen molar-refractivity contribution in [3.05, 3.63) is 66.0 Å². The van der Waals surface area contributed by atoms with E-state index in [4.69, 9.17) is 5.73 Å². The van der Waals surface area contributed by atoms with E-state index in [0.717, 1.165) is 21.3 Å². The summed E-state index contributed by atoms with van der Waals surface area (Å²) in [5.74, 6) is 0.407. The number of nitrogen functional groups attached to an aromatic ring is 1. The highest BCUT2D eigenvalue weighted by Gasteiger charge is 2.28. The van der Waals surface area contributed by atoms with Crippen molar-refractivity contribution >= 4 is 60.5 Å². The van der Waals surface area contributed by atoms with Crippen molar-refractivity contribution in [3.8, 4) is 0 Å². The summed E-state index contributed by atoms with van der Waals surface area (Å²) in [6.07, 6.45) is 7.80. The number of fused-ring (bicyclic) bond motifs is 1. The highest BCUT2D eigenvalue weighted by molar-refractivity contribution is 7.89. The molecule has 0 aliphatic carbocycles. The zero-order valence-electron chi connectivity index (χ0n) is 18.7. The number of piperidine rings is 1. The molecule has 5 rings (SSSR count). The van der Waals surface area contributed by atoms with E-state index in [1.54, 1.807) is 36.7 Å². The number of rotatable bonds is 6. The van der Waals surface area contributed by atoms with E-state index in [9.17, 15) is 13.5 Å². The van der Waals surface area contributed by atoms with Gasteiger partial charge < -0.3 is 16.2 Å². The fourth-order valence-corrected chi connectivity index (χ4v) is 6.07. The number of nitrogens with two attached hydrogens (primary N) is 1. The number of aliphatic hydroxyl groups excluding tert-OH is 1. The monoisotopic (exact) mass is 508 g/mol. The summed E-state index contributed by atoms with van der Waals surface area (Å²) in [5.41, 5.74) is 9.20. The van der Waals surface area contributed by atoms with Crippen LogP contribution in [0.1, 0.15) is 24.0 Å². The molecule has 0 amide bonds. The number of sulfonamides is 1. The molecule has 0 saturated carbocycles. The van der Waals surface area contributed by atoms with Gasteiger partial charge in [0.15, 0.2) is 5.13 Å². The number of aliphatic hydroxyl groups is 1. The Morgan fingerprint density at radius 3 is 2.43 bits per heavy atom. The summed E-state index contributed by atoms with van der Waals surface area (Å²) < 4.78 is 28.1. The van der Waals surface area contributed by atoms with Crippen LogP contribution in [0.25, 0.3) is 22.4 Å². The molecule has 1 aliphatic heterocycles. The van der Waals surface area contributed by atoms with Gasteiger partial charge in [0.2, 0.25) is 16.0 Å². The zero-order valence-corrected chi connectivity index (χ0v) is 20.3. The Bertz CT molecular complexity index is 1460. The molecule has 35 heavy (non-hydrogen) atoms. The average molecular weight is 509 g/mol. The van der Waals surface area contributed by atoms with Gasteiger partial charge in [-0.05, 0) is 54.8 Å². The largest absolute Gasteiger partial charge is 0.393 e. The van der Waals surface area contributed by atoms with Crippen LogP contribution in [-0.4, -0.2) is 52.0 Å². The van der Waals surface area contributed by atoms with Crippen molar-refractivity contribution in [1.82, 2.24) is 19.3 Å². The maximum atomic E-state index is 12.8. The van der Waals surface area contributed by atoms with Crippen molar-refractivity contribution < 1.29 is 13.5 Å². The third kappa shape index (κ3) is 5.33. The summed E-state index contributed by atoms with van der Waals surface area (Å²) in [6, 6.07) is 12.5. The molecular formula is C24H24N6O3S2. The minimum Gasteiger partial charge on any atom is -0.393 e. The number of hydrogen-bond acceptors (Lipinski definition) is 9. The second kappa shape index (κ2) is 9.70. The summed E-state index contributed by atoms with van der Waals surface area (Å²) in [7, 11) is -3.57. The normalized spacial score (nSPS) is 15.7. The molecule has 3 heterocycles. The second-order valence-corrected chi connectivity index (χ2v) is 11.2. The van der Waals surface area contributed by atoms with Crippen LogP contribution in [0, 0.1) is 0 Å². The maximum Gasteiger partial charge on any atom is 0.243 e. The molecule has 2 aromatic carbocycles. The van der Waals surface area contributed by atoms with E-state index in [2.05, 4.69) is 20.3 Å². The van der Waals surface area contributed by atoms with Crippen LogP contribution < -0.4 is 11.1 Å². The minimum absolute atomic E-state index is 0.222. The molecule has 0 unspecified atom stereocenters. The van der Waals surface area contributed by atoms with Crippen molar-refractivity contribution in [2.75, 3.05) is 24.1 Å². The van der Waals surface area contributed by atoms with Crippen molar-refractivity contribution in [1.29, 1.82) is 0 Å². The molecule has 180 valence electrons. The first kappa shape index (κ1) is 23.4. The molecule has 1 fully saturated rings. The van der Waals surface area contributed by atoms with Gasteiger partial charge in [0.1, 0.15) is 0 Å². The number of benzene rings is 2. The topological polar surface area (TPSA) is 134 Å². The molecule has 2 aromatic heterocycles. The van der Waals surface area contributed by atoms with Crippen LogP contribution in [-0.2, 0) is 10.0 Å². The molecule has 11 heteroatoms. The molecule has 0 spiro atoms. The lowest BCUT2D eigenvalue weighted by Crippen LogP contribution is -2.39. The minimum atomic E-state index is -3.57. The van der Waals surface area contributed by atoms with Crippen LogP contribution >= 0.6 is 11.3 Å². The Labute approximate surface area is 207 Å². The molecule has 1 aliphatic rings. The standard InChI is InChI=1S/C24H24N6O3S2/c25-23-29-21-8-3-16(13-22(21)34-23)1-2-17-14-26-24(27-15-17)28-18-4-6-20(7-5-18)35(32,33)30-11-9-19(31)10-12-30/h1-8,13-15,19,31H,9-12H2,(H2,25,29)(H,26,27,28)/b2-1+. The summed E-state index contributed by atoms with van der Waals surface area (Å²) in [4.78, 5) is 13.2. The van der Waals surface area contributed by atoms with Gasteiger partial charge in [0.05, 0.1) is 21.2 Å². The van der Waals surface area contributed by atoms with Crippen LogP contribution in [0.3, 0.4) is 0 Å². The first-order valence-corrected chi connectivity index (χ1v) is 13.3. The predicted octanol–water partition coefficient (Wildman–Crippen LogP) is 3.73. The summed E-state index contributed by atoms with van der Waals surface area (Å²) in [5, 5.41) is 13.3. The lowest BCUT2D eigenvalue weighted by atomic mass is 10.1. The highest BCUT2D eigenvalue weighted by Crippen LogP contribution is 2.26. The quantitative estimate of drug-likeness (QED) is 0.359. The zero-order chi connectivity index (χ0) is 24.4. The van der Waals surface area contributed by atoms with Gasteiger partial charge in [-0.15, -0.1) is 0 Å². The molecule has 0 bridgehead atoms. The Morgan fingerprint density at radius 1 is 1.03 bits per heavy atom. The van der Waals surface area contributed by atoms with E-state index < -0.39 is 16.1 Å². The van der Waals surface area contributed by atoms with Crippen LogP contribution in [0.4, 0.5) is 16.8 Å². The number of nitrogens with one attached hydrogen (secondary N) is 1. The first-order valence-electron chi connectivity index (χ1n) is 11.1. The molecule has 0 radical (unpaired) electrons. The third-order valence-corrected chi connectivity index (χ3v) is 8.50. The Balaban J connectivity index is 1.22. The van der Waals surface area contributed by atoms with E-state index in [0.29, 0.717) is 42.7 Å². The van der Waals surface area contributed by atoms with E-state index in [1.165, 1.54) is 15.6 Å². The molecule has 4 aromatic rings. The van der Waals surface area contributed by atoms with Gasteiger partial charge in [-0.3, -0.25) is 0 Å².